The first-order valence-electron chi connectivity index (χ1n) is 13.5. The van der Waals surface area contributed by atoms with E-state index >= 15 is 0 Å². The zero-order valence-corrected chi connectivity index (χ0v) is 22.9. The van der Waals surface area contributed by atoms with Gasteiger partial charge in [0.1, 0.15) is 19.6 Å². The third kappa shape index (κ3) is 24.2. The van der Waals surface area contributed by atoms with Gasteiger partial charge in [-0.2, -0.15) is 0 Å². The molecule has 0 saturated carbocycles. The summed E-state index contributed by atoms with van der Waals surface area (Å²) in [5.41, 5.74) is -0.430. The van der Waals surface area contributed by atoms with Crippen molar-refractivity contribution in [1.82, 2.24) is 5.32 Å². The Kier molecular flexibility index (Phi) is 20.7. The van der Waals surface area contributed by atoms with Crippen LogP contribution in [0, 0.1) is 0 Å². The monoisotopic (exact) mass is 504 g/mol. The van der Waals surface area contributed by atoms with Crippen LogP contribution in [0.25, 0.3) is 0 Å². The molecule has 8 heteroatoms. The maximum atomic E-state index is 9.97. The van der Waals surface area contributed by atoms with Crippen molar-refractivity contribution in [3.8, 4) is 0 Å². The molecule has 34 heavy (non-hydrogen) atoms. The Morgan fingerprint density at radius 2 is 1.50 bits per heavy atom. The molecule has 0 aliphatic carbocycles. The number of hydrogen-bond donors (Lipinski definition) is 2. The van der Waals surface area contributed by atoms with Crippen molar-refractivity contribution in [2.75, 3.05) is 26.2 Å². The first-order valence-corrected chi connectivity index (χ1v) is 14.8. The van der Waals surface area contributed by atoms with Crippen molar-refractivity contribution in [3.63, 3.8) is 0 Å². The number of unbranched alkanes of at least 4 members (excludes halogenated alkanes) is 12. The van der Waals surface area contributed by atoms with Gasteiger partial charge in [0.15, 0.2) is 0 Å². The summed E-state index contributed by atoms with van der Waals surface area (Å²) in [5, 5.41) is 13.2. The van der Waals surface area contributed by atoms with Crippen molar-refractivity contribution in [2.45, 2.75) is 123 Å². The van der Waals surface area contributed by atoms with Gasteiger partial charge < -0.3 is 9.66 Å². The summed E-state index contributed by atoms with van der Waals surface area (Å²) in [6.45, 7) is 8.68. The molecular weight excluding hydrogens is 452 g/mol. The van der Waals surface area contributed by atoms with Gasteiger partial charge in [0, 0.05) is 0 Å². The van der Waals surface area contributed by atoms with E-state index in [1.807, 2.05) is 6.92 Å². The van der Waals surface area contributed by atoms with Crippen molar-refractivity contribution in [2.24, 2.45) is 0 Å². The summed E-state index contributed by atoms with van der Waals surface area (Å²) in [6.07, 6.45) is 26.3. The van der Waals surface area contributed by atoms with Gasteiger partial charge in [0.25, 0.3) is 0 Å². The molecule has 0 radical (unpaired) electrons. The topological polar surface area (TPSA) is 102 Å². The van der Waals surface area contributed by atoms with E-state index in [9.17, 15) is 18.1 Å². The molecule has 0 fully saturated rings. The van der Waals surface area contributed by atoms with Crippen LogP contribution in [-0.4, -0.2) is 60.8 Å². The average Bonchev–Trinajstić information content (AvgIpc) is 3.29. The van der Waals surface area contributed by atoms with Gasteiger partial charge in [-0.1, -0.05) is 83.6 Å². The zero-order valence-electron chi connectivity index (χ0n) is 22.1. The third-order valence-corrected chi connectivity index (χ3v) is 6.71. The van der Waals surface area contributed by atoms with Crippen molar-refractivity contribution in [3.05, 3.63) is 12.2 Å². The summed E-state index contributed by atoms with van der Waals surface area (Å²) in [7, 11) is -4.42. The lowest BCUT2D eigenvalue weighted by molar-refractivity contribution is -0.503. The van der Waals surface area contributed by atoms with Gasteiger partial charge in [0.2, 0.25) is 16.7 Å². The molecular formula is C26H52N2O5S. The maximum Gasteiger partial charge on any atom is 0.232 e. The van der Waals surface area contributed by atoms with E-state index in [2.05, 4.69) is 39.5 Å². The van der Waals surface area contributed by atoms with Crippen LogP contribution < -0.4 is 5.32 Å². The fraction of sp³-hybridized carbons (Fsp3) is 0.885. The SMILES string of the molecule is CCC(C)(O)CCCCCCCCCCCCCCC=CC[N+]1=CNCC1.CCOS(=O)(=O)[O-]. The Balaban J connectivity index is 0.00000135. The number of nitrogens with zero attached hydrogens (tertiary/aromatic N) is 1. The minimum atomic E-state index is -4.42. The smallest absolute Gasteiger partial charge is 0.232 e. The summed E-state index contributed by atoms with van der Waals surface area (Å²) >= 11 is 0. The number of hydrogen-bond acceptors (Lipinski definition) is 6. The predicted molar refractivity (Wildman–Crippen MR) is 140 cm³/mol. The summed E-state index contributed by atoms with van der Waals surface area (Å²) in [4.78, 5) is 0. The molecule has 0 bridgehead atoms. The molecule has 7 nitrogen and oxygen atoms in total. The zero-order chi connectivity index (χ0) is 25.5. The Hall–Kier alpha value is -0.960. The number of allylic oxidation sites excluding steroid dienone is 1. The molecule has 2 N–H and O–H groups in total. The quantitative estimate of drug-likeness (QED) is 0.0768. The average molecular weight is 505 g/mol. The summed E-state index contributed by atoms with van der Waals surface area (Å²) in [5.74, 6) is 0. The highest BCUT2D eigenvalue weighted by Crippen LogP contribution is 2.19. The molecule has 0 aromatic rings. The highest BCUT2D eigenvalue weighted by molar-refractivity contribution is 7.80. The fourth-order valence-electron chi connectivity index (χ4n) is 3.80. The molecule has 0 aromatic heterocycles. The molecule has 1 heterocycles. The lowest BCUT2D eigenvalue weighted by atomic mass is 9.95. The number of rotatable bonds is 20. The summed E-state index contributed by atoms with van der Waals surface area (Å²) in [6, 6.07) is 0. The van der Waals surface area contributed by atoms with Crippen molar-refractivity contribution < 1.29 is 26.8 Å². The van der Waals surface area contributed by atoms with Crippen molar-refractivity contribution in [1.29, 1.82) is 0 Å². The molecule has 1 aliphatic rings. The van der Waals surface area contributed by atoms with E-state index in [1.54, 1.807) is 0 Å². The van der Waals surface area contributed by atoms with Gasteiger partial charge in [-0.05, 0) is 45.6 Å². The Labute approximate surface area is 210 Å². The Morgan fingerprint density at radius 1 is 0.971 bits per heavy atom. The van der Waals surface area contributed by atoms with Crippen LogP contribution >= 0.6 is 0 Å². The summed E-state index contributed by atoms with van der Waals surface area (Å²) < 4.78 is 34.3. The molecule has 0 amide bonds. The fourth-order valence-corrected chi connectivity index (χ4v) is 4.08. The molecule has 1 rings (SSSR count). The first-order chi connectivity index (χ1) is 16.2. The minimum absolute atomic E-state index is 0.0914. The molecule has 0 spiro atoms. The van der Waals surface area contributed by atoms with E-state index in [0.717, 1.165) is 32.5 Å². The van der Waals surface area contributed by atoms with E-state index in [0.29, 0.717) is 0 Å². The molecule has 1 aliphatic heterocycles. The molecule has 0 aromatic carbocycles. The molecule has 0 saturated heterocycles. The predicted octanol–water partition coefficient (Wildman–Crippen LogP) is 5.29. The van der Waals surface area contributed by atoms with Crippen LogP contribution in [0.1, 0.15) is 117 Å². The molecule has 1 atom stereocenters. The molecule has 202 valence electrons. The maximum absolute atomic E-state index is 9.97. The normalized spacial score (nSPS) is 15.5. The van der Waals surface area contributed by atoms with Gasteiger partial charge in [-0.15, -0.1) is 0 Å². The van der Waals surface area contributed by atoms with Gasteiger partial charge in [-0.3, -0.25) is 14.1 Å². The molecule has 1 unspecified atom stereocenters. The van der Waals surface area contributed by atoms with Crippen LogP contribution in [0.15, 0.2) is 12.2 Å². The van der Waals surface area contributed by atoms with E-state index in [1.165, 1.54) is 90.4 Å². The number of nitrogens with one attached hydrogen (secondary N) is 1. The van der Waals surface area contributed by atoms with Gasteiger partial charge in [-0.25, -0.2) is 8.42 Å². The highest BCUT2D eigenvalue weighted by Gasteiger charge is 2.15. The van der Waals surface area contributed by atoms with E-state index < -0.39 is 16.0 Å². The second-order valence-corrected chi connectivity index (χ2v) is 10.5. The van der Waals surface area contributed by atoms with Crippen LogP contribution in [-0.2, 0) is 14.6 Å². The Morgan fingerprint density at radius 3 is 1.91 bits per heavy atom. The second-order valence-electron chi connectivity index (χ2n) is 9.50. The van der Waals surface area contributed by atoms with Crippen LogP contribution in [0.3, 0.4) is 0 Å². The highest BCUT2D eigenvalue weighted by atomic mass is 32.3. The number of aliphatic hydroxyl groups is 1. The second kappa shape index (κ2) is 21.3. The van der Waals surface area contributed by atoms with E-state index in [-0.39, 0.29) is 6.61 Å². The third-order valence-electron chi connectivity index (χ3n) is 6.18. The van der Waals surface area contributed by atoms with Crippen LogP contribution in [0.4, 0.5) is 0 Å². The van der Waals surface area contributed by atoms with Crippen molar-refractivity contribution >= 4 is 16.7 Å². The lowest BCUT2D eigenvalue weighted by Gasteiger charge is -2.20. The lowest BCUT2D eigenvalue weighted by Crippen LogP contribution is -2.22. The largest absolute Gasteiger partial charge is 0.726 e. The van der Waals surface area contributed by atoms with Gasteiger partial charge in [0.05, 0.1) is 12.2 Å². The van der Waals surface area contributed by atoms with Crippen LogP contribution in [0.2, 0.25) is 0 Å². The Bertz CT molecular complexity index is 633. The minimum Gasteiger partial charge on any atom is -0.726 e. The first kappa shape index (κ1) is 33.0. The van der Waals surface area contributed by atoms with Gasteiger partial charge >= 0.3 is 0 Å². The van der Waals surface area contributed by atoms with E-state index in [4.69, 9.17) is 0 Å². The standard InChI is InChI=1S/C24H46N2O.C2H6O4S/c1-3-24(2,27)19-17-15-13-11-9-7-5-4-6-8-10-12-14-16-18-21-26-22-20-25-23-26;1-2-6-7(3,4)5/h16,18,23,27H,3-15,17,19-22H2,1-2H3;2H2,1H3,(H,3,4,5). The van der Waals surface area contributed by atoms with Crippen LogP contribution in [0.5, 0.6) is 0 Å².